The second kappa shape index (κ2) is 7.13. The van der Waals surface area contributed by atoms with Crippen LogP contribution >= 0.6 is 11.3 Å². The van der Waals surface area contributed by atoms with E-state index >= 15 is 0 Å². The topological polar surface area (TPSA) is 68.3 Å². The third-order valence-electron chi connectivity index (χ3n) is 3.45. The summed E-state index contributed by atoms with van der Waals surface area (Å²) in [6, 6.07) is 7.71. The number of nitrogens with one attached hydrogen (secondary N) is 1. The van der Waals surface area contributed by atoms with Gasteiger partial charge in [0.1, 0.15) is 5.75 Å². The lowest BCUT2D eigenvalue weighted by molar-refractivity contribution is -0.118. The average Bonchev–Trinajstić information content (AvgIpc) is 2.85. The second-order valence-corrected chi connectivity index (χ2v) is 7.60. The van der Waals surface area contributed by atoms with E-state index in [2.05, 4.69) is 31.1 Å². The standard InChI is InChI=1S/C18H22N2O3S/c1-11-16(12(2)21)24-17(19-11)20-15(22)10-23-14-8-6-13(7-9-14)18(3,4)5/h6-9H,10H2,1-5H3,(H,19,20,22). The summed E-state index contributed by atoms with van der Waals surface area (Å²) in [7, 11) is 0. The number of thiazole rings is 1. The van der Waals surface area contributed by atoms with Crippen LogP contribution < -0.4 is 10.1 Å². The molecule has 1 amide bonds. The number of aromatic nitrogens is 1. The maximum atomic E-state index is 11.9. The van der Waals surface area contributed by atoms with Crippen LogP contribution in [-0.4, -0.2) is 23.3 Å². The fourth-order valence-corrected chi connectivity index (χ4v) is 3.01. The number of nitrogens with zero attached hydrogens (tertiary/aromatic N) is 1. The van der Waals surface area contributed by atoms with Crippen LogP contribution in [0.2, 0.25) is 0 Å². The fourth-order valence-electron chi connectivity index (χ4n) is 2.13. The summed E-state index contributed by atoms with van der Waals surface area (Å²) in [5.41, 5.74) is 1.91. The molecular weight excluding hydrogens is 324 g/mol. The summed E-state index contributed by atoms with van der Waals surface area (Å²) in [6.07, 6.45) is 0. The molecular formula is C18H22N2O3S. The number of rotatable bonds is 5. The van der Waals surface area contributed by atoms with Crippen LogP contribution in [0.3, 0.4) is 0 Å². The number of carbonyl (C=O) groups is 2. The molecule has 1 heterocycles. The van der Waals surface area contributed by atoms with Crippen molar-refractivity contribution in [2.45, 2.75) is 40.0 Å². The maximum absolute atomic E-state index is 11.9. The summed E-state index contributed by atoms with van der Waals surface area (Å²) < 4.78 is 5.49. The van der Waals surface area contributed by atoms with E-state index in [1.165, 1.54) is 23.8 Å². The van der Waals surface area contributed by atoms with Gasteiger partial charge in [0.2, 0.25) is 0 Å². The van der Waals surface area contributed by atoms with Crippen LogP contribution in [0.1, 0.15) is 48.6 Å². The summed E-state index contributed by atoms with van der Waals surface area (Å²) >= 11 is 1.17. The maximum Gasteiger partial charge on any atom is 0.264 e. The van der Waals surface area contributed by atoms with Crippen LogP contribution in [0.4, 0.5) is 5.13 Å². The first kappa shape index (κ1) is 18.1. The molecule has 1 aromatic heterocycles. The molecule has 128 valence electrons. The second-order valence-electron chi connectivity index (χ2n) is 6.60. The quantitative estimate of drug-likeness (QED) is 0.832. The van der Waals surface area contributed by atoms with Gasteiger partial charge in [-0.1, -0.05) is 44.2 Å². The monoisotopic (exact) mass is 346 g/mol. The molecule has 2 rings (SSSR count). The molecule has 0 saturated heterocycles. The van der Waals surface area contributed by atoms with E-state index in [1.54, 1.807) is 6.92 Å². The lowest BCUT2D eigenvalue weighted by Crippen LogP contribution is -2.20. The number of Topliss-reactive ketones (excluding diaryl/α,β-unsaturated/α-hetero) is 1. The smallest absolute Gasteiger partial charge is 0.264 e. The normalized spacial score (nSPS) is 11.2. The molecule has 0 aliphatic rings. The SMILES string of the molecule is CC(=O)c1sc(NC(=O)COc2ccc(C(C)(C)C)cc2)nc1C. The van der Waals surface area contributed by atoms with Crippen LogP contribution in [0.25, 0.3) is 0 Å². The van der Waals surface area contributed by atoms with E-state index in [1.807, 2.05) is 24.3 Å². The number of benzene rings is 1. The van der Waals surface area contributed by atoms with Crippen molar-refractivity contribution in [2.75, 3.05) is 11.9 Å². The summed E-state index contributed by atoms with van der Waals surface area (Å²) in [4.78, 5) is 28.1. The molecule has 0 spiro atoms. The van der Waals surface area contributed by atoms with Crippen molar-refractivity contribution in [3.8, 4) is 5.75 Å². The molecule has 0 saturated carbocycles. The highest BCUT2D eigenvalue weighted by Crippen LogP contribution is 2.25. The van der Waals surface area contributed by atoms with E-state index < -0.39 is 0 Å². The zero-order chi connectivity index (χ0) is 17.9. The van der Waals surface area contributed by atoms with Crippen LogP contribution in [0.5, 0.6) is 5.75 Å². The van der Waals surface area contributed by atoms with E-state index in [4.69, 9.17) is 4.74 Å². The molecule has 0 aliphatic carbocycles. The Morgan fingerprint density at radius 3 is 2.33 bits per heavy atom. The molecule has 0 unspecified atom stereocenters. The Labute approximate surface area is 146 Å². The minimum Gasteiger partial charge on any atom is -0.484 e. The molecule has 24 heavy (non-hydrogen) atoms. The zero-order valence-corrected chi connectivity index (χ0v) is 15.4. The molecule has 1 aromatic carbocycles. The van der Waals surface area contributed by atoms with E-state index in [9.17, 15) is 9.59 Å². The van der Waals surface area contributed by atoms with Gasteiger partial charge in [0, 0.05) is 6.92 Å². The summed E-state index contributed by atoms with van der Waals surface area (Å²) in [6.45, 7) is 9.54. The van der Waals surface area contributed by atoms with Crippen molar-refractivity contribution in [1.29, 1.82) is 0 Å². The summed E-state index contributed by atoms with van der Waals surface area (Å²) in [5, 5.41) is 3.07. The Balaban J connectivity index is 1.91. The number of ether oxygens (including phenoxy) is 1. The lowest BCUT2D eigenvalue weighted by atomic mass is 9.87. The Hall–Kier alpha value is -2.21. The predicted molar refractivity (Wildman–Crippen MR) is 96.1 cm³/mol. The number of amides is 1. The van der Waals surface area contributed by atoms with Crippen molar-refractivity contribution >= 4 is 28.2 Å². The predicted octanol–water partition coefficient (Wildman–Crippen LogP) is 3.97. The summed E-state index contributed by atoms with van der Waals surface area (Å²) in [5.74, 6) is 0.275. The fraction of sp³-hybridized carbons (Fsp3) is 0.389. The minimum atomic E-state index is -0.307. The highest BCUT2D eigenvalue weighted by molar-refractivity contribution is 7.17. The molecule has 2 aromatic rings. The van der Waals surface area contributed by atoms with Crippen molar-refractivity contribution in [3.63, 3.8) is 0 Å². The molecule has 0 aliphatic heterocycles. The number of ketones is 1. The molecule has 1 N–H and O–H groups in total. The number of anilines is 1. The van der Waals surface area contributed by atoms with E-state index in [0.717, 1.165) is 0 Å². The van der Waals surface area contributed by atoms with Gasteiger partial charge >= 0.3 is 0 Å². The van der Waals surface area contributed by atoms with Gasteiger partial charge in [-0.05, 0) is 30.0 Å². The van der Waals surface area contributed by atoms with Crippen molar-refractivity contribution in [3.05, 3.63) is 40.4 Å². The number of hydrogen-bond acceptors (Lipinski definition) is 5. The number of hydrogen-bond donors (Lipinski definition) is 1. The van der Waals surface area contributed by atoms with Crippen molar-refractivity contribution in [2.24, 2.45) is 0 Å². The van der Waals surface area contributed by atoms with Gasteiger partial charge in [0.15, 0.2) is 17.5 Å². The first-order valence-corrected chi connectivity index (χ1v) is 8.50. The van der Waals surface area contributed by atoms with Gasteiger partial charge in [-0.15, -0.1) is 0 Å². The van der Waals surface area contributed by atoms with Gasteiger partial charge < -0.3 is 4.74 Å². The Bertz CT molecular complexity index is 743. The van der Waals surface area contributed by atoms with E-state index in [0.29, 0.717) is 21.5 Å². The highest BCUT2D eigenvalue weighted by atomic mass is 32.1. The zero-order valence-electron chi connectivity index (χ0n) is 14.6. The molecule has 0 bridgehead atoms. The minimum absolute atomic E-state index is 0.0549. The highest BCUT2D eigenvalue weighted by Gasteiger charge is 2.15. The third-order valence-corrected chi connectivity index (χ3v) is 4.63. The van der Waals surface area contributed by atoms with Crippen molar-refractivity contribution < 1.29 is 14.3 Å². The van der Waals surface area contributed by atoms with Gasteiger partial charge in [-0.3, -0.25) is 14.9 Å². The third kappa shape index (κ3) is 4.64. The van der Waals surface area contributed by atoms with Crippen LogP contribution in [-0.2, 0) is 10.2 Å². The molecule has 0 radical (unpaired) electrons. The van der Waals surface area contributed by atoms with Gasteiger partial charge in [0.25, 0.3) is 5.91 Å². The number of carbonyl (C=O) groups excluding carboxylic acids is 2. The molecule has 5 nitrogen and oxygen atoms in total. The Morgan fingerprint density at radius 1 is 1.21 bits per heavy atom. The van der Waals surface area contributed by atoms with Crippen LogP contribution in [0, 0.1) is 6.92 Å². The van der Waals surface area contributed by atoms with Gasteiger partial charge in [-0.2, -0.15) is 0 Å². The van der Waals surface area contributed by atoms with Gasteiger partial charge in [-0.25, -0.2) is 4.98 Å². The first-order chi connectivity index (χ1) is 11.2. The largest absolute Gasteiger partial charge is 0.484 e. The molecule has 0 atom stereocenters. The molecule has 0 fully saturated rings. The first-order valence-electron chi connectivity index (χ1n) is 7.68. The molecule has 6 heteroatoms. The van der Waals surface area contributed by atoms with Crippen molar-refractivity contribution in [1.82, 2.24) is 4.98 Å². The van der Waals surface area contributed by atoms with E-state index in [-0.39, 0.29) is 23.7 Å². The Morgan fingerprint density at radius 2 is 1.83 bits per heavy atom. The van der Waals surface area contributed by atoms with Gasteiger partial charge in [0.05, 0.1) is 10.6 Å². The Kier molecular flexibility index (Phi) is 5.39. The lowest BCUT2D eigenvalue weighted by Gasteiger charge is -2.19. The van der Waals surface area contributed by atoms with Crippen LogP contribution in [0.15, 0.2) is 24.3 Å². The average molecular weight is 346 g/mol. The number of aryl methyl sites for hydroxylation is 1.